The molecule has 0 bridgehead atoms. The van der Waals surface area contributed by atoms with E-state index in [1.165, 1.54) is 6.92 Å². The number of carbonyl (C=O) groups excluding carboxylic acids is 1. The molecule has 5 nitrogen and oxygen atoms in total. The van der Waals surface area contributed by atoms with Crippen LogP contribution in [0.15, 0.2) is 12.1 Å². The van der Waals surface area contributed by atoms with Crippen LogP contribution >= 0.6 is 11.8 Å². The number of benzene rings is 1. The van der Waals surface area contributed by atoms with Gasteiger partial charge in [-0.1, -0.05) is 11.8 Å². The van der Waals surface area contributed by atoms with Crippen LogP contribution in [0.25, 0.3) is 0 Å². The van der Waals surface area contributed by atoms with Gasteiger partial charge in [-0.15, -0.1) is 0 Å². The first kappa shape index (κ1) is 15.8. The van der Waals surface area contributed by atoms with E-state index < -0.39 is 12.2 Å². The molecule has 6 N–H and O–H groups in total. The molecular formula is C13H20N2O3S. The molecule has 19 heavy (non-hydrogen) atoms. The van der Waals surface area contributed by atoms with E-state index in [2.05, 4.69) is 0 Å². The normalized spacial score (nSPS) is 14.1. The lowest BCUT2D eigenvalue weighted by Gasteiger charge is -2.20. The van der Waals surface area contributed by atoms with Gasteiger partial charge >= 0.3 is 0 Å². The molecule has 0 fully saturated rings. The minimum atomic E-state index is -1.03. The van der Waals surface area contributed by atoms with Gasteiger partial charge in [0.1, 0.15) is 6.10 Å². The molecule has 0 aliphatic heterocycles. The third-order valence-electron chi connectivity index (χ3n) is 2.87. The fraction of sp³-hybridized carbons (Fsp3) is 0.462. The van der Waals surface area contributed by atoms with Gasteiger partial charge in [-0.25, -0.2) is 0 Å². The minimum Gasteiger partial charge on any atom is -0.397 e. The second kappa shape index (κ2) is 6.79. The quantitative estimate of drug-likeness (QED) is 0.605. The fourth-order valence-corrected chi connectivity index (χ4v) is 2.42. The predicted molar refractivity (Wildman–Crippen MR) is 78.7 cm³/mol. The number of anilines is 2. The Kier molecular flexibility index (Phi) is 5.65. The average Bonchev–Trinajstić information content (AvgIpc) is 2.32. The Hall–Kier alpha value is -1.24. The molecule has 0 radical (unpaired) electrons. The Morgan fingerprint density at radius 3 is 2.47 bits per heavy atom. The molecule has 1 aromatic carbocycles. The van der Waals surface area contributed by atoms with Crippen LogP contribution in [0.3, 0.4) is 0 Å². The number of nitrogens with two attached hydrogens (primary N) is 2. The van der Waals surface area contributed by atoms with Crippen molar-refractivity contribution in [3.05, 3.63) is 23.3 Å². The molecule has 1 rings (SSSR count). The molecule has 0 aromatic heterocycles. The molecular weight excluding hydrogens is 264 g/mol. The van der Waals surface area contributed by atoms with Gasteiger partial charge in [-0.3, -0.25) is 4.79 Å². The predicted octanol–water partition coefficient (Wildman–Crippen LogP) is 1.22. The number of aryl methyl sites for hydroxylation is 1. The maximum absolute atomic E-state index is 10.8. The third-order valence-corrected chi connectivity index (χ3v) is 3.72. The number of aliphatic hydroxyl groups is 2. The van der Waals surface area contributed by atoms with E-state index in [4.69, 9.17) is 11.5 Å². The Bertz CT molecular complexity index is 465. The molecule has 106 valence electrons. The maximum Gasteiger partial charge on any atom is 0.185 e. The third kappa shape index (κ3) is 4.41. The molecule has 2 atom stereocenters. The summed E-state index contributed by atoms with van der Waals surface area (Å²) in [5.74, 6) is 0.469. The summed E-state index contributed by atoms with van der Waals surface area (Å²) < 4.78 is 0. The smallest absolute Gasteiger partial charge is 0.185 e. The Morgan fingerprint density at radius 1 is 1.32 bits per heavy atom. The van der Waals surface area contributed by atoms with Crippen LogP contribution < -0.4 is 11.5 Å². The van der Waals surface area contributed by atoms with E-state index >= 15 is 0 Å². The molecule has 0 saturated heterocycles. The summed E-state index contributed by atoms with van der Waals surface area (Å²) >= 11 is 1.13. The summed E-state index contributed by atoms with van der Waals surface area (Å²) in [4.78, 5) is 10.8. The van der Waals surface area contributed by atoms with E-state index in [1.807, 2.05) is 0 Å². The highest BCUT2D eigenvalue weighted by atomic mass is 32.2. The van der Waals surface area contributed by atoms with Crippen LogP contribution in [0.1, 0.15) is 30.6 Å². The van der Waals surface area contributed by atoms with Crippen molar-refractivity contribution >= 4 is 28.3 Å². The van der Waals surface area contributed by atoms with E-state index in [0.717, 1.165) is 17.3 Å². The van der Waals surface area contributed by atoms with Crippen molar-refractivity contribution < 1.29 is 15.0 Å². The highest BCUT2D eigenvalue weighted by Gasteiger charge is 2.20. The topological polar surface area (TPSA) is 110 Å². The van der Waals surface area contributed by atoms with Crippen LogP contribution in [0.5, 0.6) is 0 Å². The van der Waals surface area contributed by atoms with Crippen molar-refractivity contribution in [2.45, 2.75) is 32.5 Å². The number of thioether (sulfide) groups is 1. The second-order valence-corrected chi connectivity index (χ2v) is 5.75. The Morgan fingerprint density at radius 2 is 1.89 bits per heavy atom. The number of nitrogen functional groups attached to an aromatic ring is 2. The largest absolute Gasteiger partial charge is 0.397 e. The van der Waals surface area contributed by atoms with E-state index in [1.54, 1.807) is 19.1 Å². The summed E-state index contributed by atoms with van der Waals surface area (Å²) in [7, 11) is 0. The van der Waals surface area contributed by atoms with Crippen molar-refractivity contribution in [3.63, 3.8) is 0 Å². The lowest BCUT2D eigenvalue weighted by Crippen LogP contribution is -2.20. The first-order valence-electron chi connectivity index (χ1n) is 5.98. The lowest BCUT2D eigenvalue weighted by atomic mass is 9.97. The van der Waals surface area contributed by atoms with Crippen molar-refractivity contribution in [2.24, 2.45) is 0 Å². The van der Waals surface area contributed by atoms with Crippen molar-refractivity contribution in [2.75, 3.05) is 17.2 Å². The Labute approximate surface area is 117 Å². The van der Waals surface area contributed by atoms with Crippen molar-refractivity contribution in [1.82, 2.24) is 0 Å². The van der Waals surface area contributed by atoms with Gasteiger partial charge in [-0.2, -0.15) is 0 Å². The van der Waals surface area contributed by atoms with E-state index in [0.29, 0.717) is 29.1 Å². The zero-order valence-corrected chi connectivity index (χ0v) is 11.9. The SMILES string of the molecule is CC(=O)SCCC(O)C(O)c1cc(N)c(N)cc1C. The van der Waals surface area contributed by atoms with Gasteiger partial charge in [0.15, 0.2) is 5.12 Å². The standard InChI is InChI=1S/C13H20N2O3S/c1-7-5-10(14)11(15)6-9(7)13(18)12(17)3-4-19-8(2)16/h5-6,12-13,17-18H,3-4,14-15H2,1-2H3. The minimum absolute atomic E-state index is 0.00500. The summed E-state index contributed by atoms with van der Waals surface area (Å²) in [6.07, 6.45) is -1.64. The van der Waals surface area contributed by atoms with E-state index in [-0.39, 0.29) is 5.12 Å². The van der Waals surface area contributed by atoms with Crippen LogP contribution in [0.2, 0.25) is 0 Å². The number of hydrogen-bond acceptors (Lipinski definition) is 6. The van der Waals surface area contributed by atoms with Crippen molar-refractivity contribution in [3.8, 4) is 0 Å². The molecule has 0 amide bonds. The molecule has 0 aliphatic carbocycles. The highest BCUT2D eigenvalue weighted by molar-refractivity contribution is 8.13. The highest BCUT2D eigenvalue weighted by Crippen LogP contribution is 2.28. The maximum atomic E-state index is 10.8. The van der Waals surface area contributed by atoms with Crippen molar-refractivity contribution in [1.29, 1.82) is 0 Å². The molecule has 2 unspecified atom stereocenters. The molecule has 6 heteroatoms. The van der Waals surface area contributed by atoms with Gasteiger partial charge in [0.2, 0.25) is 0 Å². The van der Waals surface area contributed by atoms with Gasteiger partial charge in [-0.05, 0) is 36.6 Å². The van der Waals surface area contributed by atoms with Gasteiger partial charge in [0.05, 0.1) is 17.5 Å². The number of hydrogen-bond donors (Lipinski definition) is 4. The van der Waals surface area contributed by atoms with Gasteiger partial charge in [0, 0.05) is 12.7 Å². The average molecular weight is 284 g/mol. The number of carbonyl (C=O) groups is 1. The zero-order valence-electron chi connectivity index (χ0n) is 11.1. The summed E-state index contributed by atoms with van der Waals surface area (Å²) in [6.45, 7) is 3.27. The molecule has 0 aliphatic rings. The fourth-order valence-electron chi connectivity index (χ4n) is 1.77. The first-order valence-corrected chi connectivity index (χ1v) is 6.96. The molecule has 0 spiro atoms. The summed E-state index contributed by atoms with van der Waals surface area (Å²) in [6, 6.07) is 3.25. The lowest BCUT2D eigenvalue weighted by molar-refractivity contribution is -0.109. The summed E-state index contributed by atoms with van der Waals surface area (Å²) in [5.41, 5.74) is 13.5. The van der Waals surface area contributed by atoms with Crippen LogP contribution in [-0.2, 0) is 4.79 Å². The van der Waals surface area contributed by atoms with Gasteiger partial charge < -0.3 is 21.7 Å². The van der Waals surface area contributed by atoms with Crippen LogP contribution in [0.4, 0.5) is 11.4 Å². The van der Waals surface area contributed by atoms with Crippen LogP contribution in [-0.4, -0.2) is 27.2 Å². The van der Waals surface area contributed by atoms with Gasteiger partial charge in [0.25, 0.3) is 0 Å². The zero-order chi connectivity index (χ0) is 14.6. The first-order chi connectivity index (χ1) is 8.82. The molecule has 0 heterocycles. The summed E-state index contributed by atoms with van der Waals surface area (Å²) in [5, 5.41) is 20.0. The number of rotatable bonds is 5. The second-order valence-electron chi connectivity index (χ2n) is 4.48. The number of aliphatic hydroxyl groups excluding tert-OH is 2. The Balaban J connectivity index is 2.73. The molecule has 1 aromatic rings. The molecule has 0 saturated carbocycles. The van der Waals surface area contributed by atoms with Crippen LogP contribution in [0, 0.1) is 6.92 Å². The monoisotopic (exact) mass is 284 g/mol. The van der Waals surface area contributed by atoms with E-state index in [9.17, 15) is 15.0 Å².